The average Bonchev–Trinajstić information content (AvgIpc) is 3.03. The van der Waals surface area contributed by atoms with Crippen molar-refractivity contribution in [3.63, 3.8) is 0 Å². The van der Waals surface area contributed by atoms with Crippen molar-refractivity contribution in [3.8, 4) is 11.1 Å². The molecule has 4 aromatic rings. The highest BCUT2D eigenvalue weighted by Gasteiger charge is 2.22. The van der Waals surface area contributed by atoms with Gasteiger partial charge in [0.2, 0.25) is 5.78 Å². The minimum atomic E-state index is -0.564. The van der Waals surface area contributed by atoms with Crippen LogP contribution in [0.4, 0.5) is 5.69 Å². The van der Waals surface area contributed by atoms with Crippen molar-refractivity contribution in [3.05, 3.63) is 87.6 Å². The van der Waals surface area contributed by atoms with Gasteiger partial charge in [0.1, 0.15) is 5.58 Å². The smallest absolute Gasteiger partial charge is 0.231 e. The molecule has 3 N–H and O–H groups in total. The quantitative estimate of drug-likeness (QED) is 0.377. The van der Waals surface area contributed by atoms with Crippen molar-refractivity contribution >= 4 is 45.6 Å². The maximum Gasteiger partial charge on any atom is 0.231 e. The van der Waals surface area contributed by atoms with Gasteiger partial charge >= 0.3 is 0 Å². The summed E-state index contributed by atoms with van der Waals surface area (Å²) in [6, 6.07) is 17.8. The number of aliphatic hydroxyl groups excluding tert-OH is 1. The highest BCUT2D eigenvalue weighted by atomic mass is 35.5. The molecule has 6 heteroatoms. The van der Waals surface area contributed by atoms with Crippen LogP contribution in [0.2, 0.25) is 10.0 Å². The van der Waals surface area contributed by atoms with E-state index in [1.807, 2.05) is 42.5 Å². The van der Waals surface area contributed by atoms with Crippen LogP contribution in [0, 0.1) is 0 Å². The van der Waals surface area contributed by atoms with E-state index in [-0.39, 0.29) is 22.0 Å². The van der Waals surface area contributed by atoms with Crippen molar-refractivity contribution in [2.24, 2.45) is 0 Å². The van der Waals surface area contributed by atoms with Gasteiger partial charge in [0, 0.05) is 16.0 Å². The molecule has 1 atom stereocenters. The summed E-state index contributed by atoms with van der Waals surface area (Å²) in [7, 11) is 0. The summed E-state index contributed by atoms with van der Waals surface area (Å²) in [6.07, 6.45) is -0.564. The number of hydrogen-bond acceptors (Lipinski definition) is 4. The van der Waals surface area contributed by atoms with E-state index in [4.69, 9.17) is 33.4 Å². The first kappa shape index (κ1) is 19.5. The van der Waals surface area contributed by atoms with Crippen LogP contribution in [0.1, 0.15) is 34.7 Å². The Morgan fingerprint density at radius 2 is 1.79 bits per heavy atom. The lowest BCUT2D eigenvalue weighted by Gasteiger charge is -2.07. The van der Waals surface area contributed by atoms with Gasteiger partial charge in [0.05, 0.1) is 16.8 Å². The Bertz CT molecular complexity index is 1240. The van der Waals surface area contributed by atoms with Gasteiger partial charge in [-0.1, -0.05) is 47.5 Å². The van der Waals surface area contributed by atoms with Gasteiger partial charge < -0.3 is 15.3 Å². The molecule has 0 aliphatic heterocycles. The number of furan rings is 1. The lowest BCUT2D eigenvalue weighted by Crippen LogP contribution is -2.03. The fraction of sp³-hybridized carbons (Fsp3) is 0.0870. The average molecular weight is 426 g/mol. The normalized spacial score (nSPS) is 12.3. The van der Waals surface area contributed by atoms with E-state index in [9.17, 15) is 9.90 Å². The summed E-state index contributed by atoms with van der Waals surface area (Å²) in [5.41, 5.74) is 9.85. The minimum absolute atomic E-state index is 0.0408. The van der Waals surface area contributed by atoms with E-state index in [0.29, 0.717) is 16.0 Å². The summed E-state index contributed by atoms with van der Waals surface area (Å²) < 4.78 is 5.82. The number of benzene rings is 3. The van der Waals surface area contributed by atoms with Crippen molar-refractivity contribution in [2.75, 3.05) is 5.73 Å². The Morgan fingerprint density at radius 3 is 2.52 bits per heavy atom. The molecule has 0 bridgehead atoms. The predicted octanol–water partition coefficient (Wildman–Crippen LogP) is 6.27. The fourth-order valence-corrected chi connectivity index (χ4v) is 3.73. The number of carbonyl (C=O) groups excluding carboxylic acids is 1. The van der Waals surface area contributed by atoms with Gasteiger partial charge in [-0.2, -0.15) is 0 Å². The predicted molar refractivity (Wildman–Crippen MR) is 117 cm³/mol. The zero-order valence-electron chi connectivity index (χ0n) is 15.4. The molecular weight excluding hydrogens is 409 g/mol. The lowest BCUT2D eigenvalue weighted by atomic mass is 10.00. The second-order valence-electron chi connectivity index (χ2n) is 6.81. The summed E-state index contributed by atoms with van der Waals surface area (Å²) in [6.45, 7) is 1.72. The zero-order valence-corrected chi connectivity index (χ0v) is 17.0. The molecule has 0 saturated carbocycles. The Balaban J connectivity index is 1.78. The molecule has 1 unspecified atom stereocenters. The number of hydrogen-bond donors (Lipinski definition) is 2. The molecule has 4 rings (SSSR count). The number of anilines is 1. The van der Waals surface area contributed by atoms with E-state index in [1.54, 1.807) is 19.1 Å². The topological polar surface area (TPSA) is 76.5 Å². The van der Waals surface area contributed by atoms with Gasteiger partial charge in [0.15, 0.2) is 5.76 Å². The molecule has 0 saturated heterocycles. The molecule has 29 heavy (non-hydrogen) atoms. The second-order valence-corrected chi connectivity index (χ2v) is 7.65. The Morgan fingerprint density at radius 1 is 1.03 bits per heavy atom. The van der Waals surface area contributed by atoms with E-state index in [1.165, 1.54) is 6.07 Å². The third-order valence-electron chi connectivity index (χ3n) is 4.81. The summed E-state index contributed by atoms with van der Waals surface area (Å²) in [5, 5.41) is 11.1. The number of nitrogens with two attached hydrogens (primary N) is 1. The second kappa shape index (κ2) is 7.56. The van der Waals surface area contributed by atoms with Crippen molar-refractivity contribution < 1.29 is 14.3 Å². The molecule has 0 aliphatic carbocycles. The highest BCUT2D eigenvalue weighted by Crippen LogP contribution is 2.35. The number of fused-ring (bicyclic) bond motifs is 1. The third kappa shape index (κ3) is 3.62. The summed E-state index contributed by atoms with van der Waals surface area (Å²) in [5.74, 6) is -0.364. The van der Waals surface area contributed by atoms with Crippen LogP contribution in [0.25, 0.3) is 22.1 Å². The first-order valence-corrected chi connectivity index (χ1v) is 9.71. The molecular formula is C23H17Cl2NO3. The molecule has 4 nitrogen and oxygen atoms in total. The Hall–Kier alpha value is -2.79. The standard InChI is InChI=1S/C23H17Cl2NO3/c1-12(27)13-3-2-4-14(9-13)15-5-7-18-20(10-15)29-23(21(18)26)22(28)17-8-6-16(24)11-19(17)25/h2-12,27H,26H2,1H3. The van der Waals surface area contributed by atoms with E-state index >= 15 is 0 Å². The first-order valence-electron chi connectivity index (χ1n) is 8.95. The maximum absolute atomic E-state index is 12.9. The van der Waals surface area contributed by atoms with E-state index < -0.39 is 11.9 Å². The number of aliphatic hydroxyl groups is 1. The minimum Gasteiger partial charge on any atom is -0.450 e. The van der Waals surface area contributed by atoms with Gasteiger partial charge in [-0.25, -0.2) is 0 Å². The summed E-state index contributed by atoms with van der Waals surface area (Å²) >= 11 is 12.1. The number of nitrogen functional groups attached to an aromatic ring is 1. The molecule has 0 amide bonds. The van der Waals surface area contributed by atoms with Crippen molar-refractivity contribution in [1.82, 2.24) is 0 Å². The van der Waals surface area contributed by atoms with Crippen LogP contribution in [-0.4, -0.2) is 10.9 Å². The van der Waals surface area contributed by atoms with Crippen LogP contribution in [0.3, 0.4) is 0 Å². The third-order valence-corrected chi connectivity index (χ3v) is 5.36. The van der Waals surface area contributed by atoms with Crippen LogP contribution in [0.15, 0.2) is 65.1 Å². The monoisotopic (exact) mass is 425 g/mol. The molecule has 0 radical (unpaired) electrons. The molecule has 146 valence electrons. The fourth-order valence-electron chi connectivity index (χ4n) is 3.24. The molecule has 0 spiro atoms. The summed E-state index contributed by atoms with van der Waals surface area (Å²) in [4.78, 5) is 12.9. The first-order chi connectivity index (χ1) is 13.8. The van der Waals surface area contributed by atoms with Crippen molar-refractivity contribution in [1.29, 1.82) is 0 Å². The largest absolute Gasteiger partial charge is 0.450 e. The van der Waals surface area contributed by atoms with Gasteiger partial charge in [-0.05, 0) is 60.0 Å². The number of carbonyl (C=O) groups is 1. The zero-order chi connectivity index (χ0) is 20.7. The van der Waals surface area contributed by atoms with Gasteiger partial charge in [-0.15, -0.1) is 0 Å². The molecule has 0 aliphatic rings. The van der Waals surface area contributed by atoms with E-state index in [0.717, 1.165) is 16.7 Å². The number of ketones is 1. The van der Waals surface area contributed by atoms with Crippen LogP contribution < -0.4 is 5.73 Å². The molecule has 1 heterocycles. The Kier molecular flexibility index (Phi) is 5.09. The van der Waals surface area contributed by atoms with Crippen molar-refractivity contribution in [2.45, 2.75) is 13.0 Å². The van der Waals surface area contributed by atoms with Crippen LogP contribution in [0.5, 0.6) is 0 Å². The Labute approximate surface area is 177 Å². The molecule has 1 aromatic heterocycles. The maximum atomic E-state index is 12.9. The molecule has 3 aromatic carbocycles. The molecule has 0 fully saturated rings. The van der Waals surface area contributed by atoms with Gasteiger partial charge in [0.25, 0.3) is 0 Å². The van der Waals surface area contributed by atoms with E-state index in [2.05, 4.69) is 0 Å². The van der Waals surface area contributed by atoms with Crippen LogP contribution >= 0.6 is 23.2 Å². The lowest BCUT2D eigenvalue weighted by molar-refractivity contribution is 0.101. The number of rotatable bonds is 4. The number of halogens is 2. The van der Waals surface area contributed by atoms with Gasteiger partial charge in [-0.3, -0.25) is 4.79 Å². The SMILES string of the molecule is CC(O)c1cccc(-c2ccc3c(N)c(C(=O)c4ccc(Cl)cc4Cl)oc3c2)c1. The highest BCUT2D eigenvalue weighted by molar-refractivity contribution is 6.37. The van der Waals surface area contributed by atoms with Crippen LogP contribution in [-0.2, 0) is 0 Å².